The van der Waals surface area contributed by atoms with Crippen molar-refractivity contribution in [2.75, 3.05) is 5.32 Å². The Morgan fingerprint density at radius 1 is 1.07 bits per heavy atom. The van der Waals surface area contributed by atoms with E-state index in [9.17, 15) is 13.8 Å². The second-order valence-corrected chi connectivity index (χ2v) is 8.75. The summed E-state index contributed by atoms with van der Waals surface area (Å²) >= 11 is 0. The molecule has 5 rings (SSSR count). The number of carbonyl (C=O) groups is 2. The molecule has 27 heavy (non-hydrogen) atoms. The Labute approximate surface area is 156 Å². The lowest BCUT2D eigenvalue weighted by molar-refractivity contribution is 0.0980. The van der Waals surface area contributed by atoms with Crippen molar-refractivity contribution in [3.05, 3.63) is 46.4 Å². The van der Waals surface area contributed by atoms with Crippen molar-refractivity contribution in [2.45, 2.75) is 43.6 Å². The highest BCUT2D eigenvalue weighted by Gasteiger charge is 2.35. The number of rotatable bonds is 1. The number of anilines is 1. The van der Waals surface area contributed by atoms with Gasteiger partial charge in [0.1, 0.15) is 0 Å². The number of aryl methyl sites for hydroxylation is 2. The van der Waals surface area contributed by atoms with Gasteiger partial charge in [-0.2, -0.15) is 0 Å². The number of urea groups is 1. The topological polar surface area (TPSA) is 113 Å². The van der Waals surface area contributed by atoms with E-state index in [1.165, 1.54) is 23.5 Å². The lowest BCUT2D eigenvalue weighted by atomic mass is 9.99. The Morgan fingerprint density at radius 2 is 1.74 bits per heavy atom. The van der Waals surface area contributed by atoms with E-state index >= 15 is 0 Å². The molecule has 3 amide bonds. The van der Waals surface area contributed by atoms with Gasteiger partial charge in [-0.05, 0) is 60.8 Å². The van der Waals surface area contributed by atoms with Gasteiger partial charge in [0, 0.05) is 18.1 Å². The Kier molecular flexibility index (Phi) is 3.55. The zero-order valence-corrected chi connectivity index (χ0v) is 15.3. The minimum absolute atomic E-state index is 0.0551. The summed E-state index contributed by atoms with van der Waals surface area (Å²) in [6.45, 7) is 0. The van der Waals surface area contributed by atoms with Crippen molar-refractivity contribution >= 4 is 27.5 Å². The largest absolute Gasteiger partial charge is 0.355 e. The molecule has 9 heteroatoms. The van der Waals surface area contributed by atoms with Gasteiger partial charge in [0.05, 0.1) is 0 Å². The quantitative estimate of drug-likeness (QED) is 0.783. The van der Waals surface area contributed by atoms with Crippen molar-refractivity contribution in [1.29, 1.82) is 0 Å². The van der Waals surface area contributed by atoms with Crippen LogP contribution in [0.1, 0.15) is 45.6 Å². The average Bonchev–Trinajstić information content (AvgIpc) is 3.34. The van der Waals surface area contributed by atoms with E-state index in [4.69, 9.17) is 0 Å². The number of nitrogens with one attached hydrogen (secondary N) is 2. The average molecular weight is 383 g/mol. The first-order valence-electron chi connectivity index (χ1n) is 8.93. The van der Waals surface area contributed by atoms with E-state index in [0.29, 0.717) is 0 Å². The monoisotopic (exact) mass is 383 g/mol. The molecule has 2 N–H and O–H groups in total. The van der Waals surface area contributed by atoms with E-state index in [1.54, 1.807) is 0 Å². The van der Waals surface area contributed by atoms with Crippen molar-refractivity contribution in [3.8, 4) is 0 Å². The lowest BCUT2D eigenvalue weighted by Crippen LogP contribution is -2.24. The third-order valence-corrected chi connectivity index (χ3v) is 7.00. The van der Waals surface area contributed by atoms with Gasteiger partial charge >= 0.3 is 6.03 Å². The van der Waals surface area contributed by atoms with Crippen LogP contribution in [0.4, 0.5) is 10.5 Å². The van der Waals surface area contributed by atoms with Crippen molar-refractivity contribution in [3.63, 3.8) is 0 Å². The predicted octanol–water partition coefficient (Wildman–Crippen LogP) is 2.17. The number of hydrogen-bond donors (Lipinski definition) is 2. The Bertz CT molecular complexity index is 1100. The molecule has 8 nitrogen and oxygen atoms in total. The van der Waals surface area contributed by atoms with E-state index < -0.39 is 21.9 Å². The summed E-state index contributed by atoms with van der Waals surface area (Å²) in [6.07, 6.45) is 8.64. The lowest BCUT2D eigenvalue weighted by Gasteiger charge is -2.15. The summed E-state index contributed by atoms with van der Waals surface area (Å²) in [6, 6.07) is 1.52. The number of amides is 3. The smallest absolute Gasteiger partial charge is 0.305 e. The maximum absolute atomic E-state index is 13.0. The predicted molar refractivity (Wildman–Crippen MR) is 97.8 cm³/mol. The molecular formula is C18H17N5O3S. The number of hydrogen-bond acceptors (Lipinski definition) is 5. The van der Waals surface area contributed by atoms with Crippen LogP contribution in [0, 0.1) is 0 Å². The molecule has 2 aromatic rings. The fourth-order valence-electron chi connectivity index (χ4n) is 4.19. The summed E-state index contributed by atoms with van der Waals surface area (Å²) in [5.74, 6) is -0.638. The molecule has 1 aromatic carbocycles. The molecule has 0 radical (unpaired) electrons. The maximum atomic E-state index is 13.0. The molecule has 2 heterocycles. The van der Waals surface area contributed by atoms with Gasteiger partial charge in [0.15, 0.2) is 20.6 Å². The molecular weight excluding hydrogens is 366 g/mol. The minimum atomic E-state index is -3.47. The highest BCUT2D eigenvalue weighted by molar-refractivity contribution is 7.93. The fourth-order valence-corrected chi connectivity index (χ4v) is 5.65. The standard InChI is InChI=1S/C18H17N5O3S/c24-16-15-17(20-8-7-19-15)27(26,22-16)23-18(25)21-14-12-5-1-3-10(12)9-11-4-2-6-13(11)14/h7-9H,1-6H2,(H2,21,22,23,24,25,26). The molecule has 1 atom stereocenters. The first kappa shape index (κ1) is 16.4. The molecule has 2 aliphatic carbocycles. The molecule has 1 aliphatic heterocycles. The van der Waals surface area contributed by atoms with Crippen LogP contribution >= 0.6 is 0 Å². The fraction of sp³-hybridized carbons (Fsp3) is 0.333. The van der Waals surface area contributed by atoms with Crippen LogP contribution in [0.5, 0.6) is 0 Å². The summed E-state index contributed by atoms with van der Waals surface area (Å²) in [5, 5.41) is 2.77. The summed E-state index contributed by atoms with van der Waals surface area (Å²) in [7, 11) is -3.47. The molecule has 0 bridgehead atoms. The van der Waals surface area contributed by atoms with Crippen molar-refractivity contribution in [2.24, 2.45) is 4.36 Å². The highest BCUT2D eigenvalue weighted by atomic mass is 32.2. The van der Waals surface area contributed by atoms with Crippen LogP contribution in [0.15, 0.2) is 27.8 Å². The minimum Gasteiger partial charge on any atom is -0.305 e. The summed E-state index contributed by atoms with van der Waals surface area (Å²) in [5.41, 5.74) is 5.63. The highest BCUT2D eigenvalue weighted by Crippen LogP contribution is 2.38. The van der Waals surface area contributed by atoms with Gasteiger partial charge in [0.25, 0.3) is 5.91 Å². The van der Waals surface area contributed by atoms with Crippen molar-refractivity contribution in [1.82, 2.24) is 14.7 Å². The number of carbonyl (C=O) groups excluding carboxylic acids is 2. The Balaban J connectivity index is 1.54. The SMILES string of the molecule is O=C(N=S1(=O)NC(=O)c2nccnc21)Nc1c2c(cc3c1CCC3)CCC2. The van der Waals surface area contributed by atoms with Crippen LogP contribution in [0.3, 0.4) is 0 Å². The number of nitrogens with zero attached hydrogens (tertiary/aromatic N) is 3. The van der Waals surface area contributed by atoms with E-state index in [2.05, 4.69) is 30.4 Å². The number of fused-ring (bicyclic) bond motifs is 3. The molecule has 0 saturated heterocycles. The van der Waals surface area contributed by atoms with Crippen LogP contribution < -0.4 is 10.0 Å². The Morgan fingerprint density at radius 3 is 2.44 bits per heavy atom. The molecule has 1 unspecified atom stereocenters. The van der Waals surface area contributed by atoms with E-state index in [-0.39, 0.29) is 10.7 Å². The molecule has 3 aliphatic rings. The molecule has 0 spiro atoms. The van der Waals surface area contributed by atoms with Gasteiger partial charge in [0.2, 0.25) is 0 Å². The normalized spacial score (nSPS) is 22.0. The van der Waals surface area contributed by atoms with Gasteiger partial charge in [-0.25, -0.2) is 19.0 Å². The van der Waals surface area contributed by atoms with Crippen molar-refractivity contribution < 1.29 is 13.8 Å². The second-order valence-electron chi connectivity index (χ2n) is 6.92. The van der Waals surface area contributed by atoms with E-state index in [0.717, 1.165) is 55.3 Å². The zero-order chi connectivity index (χ0) is 18.6. The first-order chi connectivity index (χ1) is 13.0. The van der Waals surface area contributed by atoms with Crippen LogP contribution in [0.25, 0.3) is 0 Å². The zero-order valence-electron chi connectivity index (χ0n) is 14.4. The van der Waals surface area contributed by atoms with Crippen LogP contribution in [-0.2, 0) is 35.6 Å². The molecule has 0 fully saturated rings. The van der Waals surface area contributed by atoms with Gasteiger partial charge in [-0.3, -0.25) is 9.52 Å². The number of aromatic nitrogens is 2. The third-order valence-electron chi connectivity index (χ3n) is 5.29. The van der Waals surface area contributed by atoms with Gasteiger partial charge in [-0.15, -0.1) is 4.36 Å². The Hall–Kier alpha value is -2.81. The summed E-state index contributed by atoms with van der Waals surface area (Å²) < 4.78 is 19.1. The molecule has 1 aromatic heterocycles. The number of benzene rings is 1. The summed E-state index contributed by atoms with van der Waals surface area (Å²) in [4.78, 5) is 32.4. The van der Waals surface area contributed by atoms with Gasteiger partial charge in [-0.1, -0.05) is 6.07 Å². The second kappa shape index (κ2) is 5.85. The third kappa shape index (κ3) is 2.53. The van der Waals surface area contributed by atoms with E-state index in [1.807, 2.05) is 0 Å². The first-order valence-corrected chi connectivity index (χ1v) is 10.4. The van der Waals surface area contributed by atoms with Gasteiger partial charge < -0.3 is 5.32 Å². The van der Waals surface area contributed by atoms with Crippen LogP contribution in [-0.4, -0.2) is 26.1 Å². The maximum Gasteiger partial charge on any atom is 0.355 e. The molecule has 0 saturated carbocycles. The van der Waals surface area contributed by atoms with Crippen LogP contribution in [0.2, 0.25) is 0 Å². The molecule has 138 valence electrons.